The molecule has 0 saturated heterocycles. The fraction of sp³-hybridized carbons (Fsp3) is 0.714. The first-order chi connectivity index (χ1) is 8.67. The zero-order chi connectivity index (χ0) is 13.4. The average molecular weight is 251 g/mol. The van der Waals surface area contributed by atoms with Gasteiger partial charge in [-0.2, -0.15) is 0 Å². The Morgan fingerprint density at radius 3 is 2.72 bits per heavy atom. The maximum absolute atomic E-state index is 5.47. The summed E-state index contributed by atoms with van der Waals surface area (Å²) in [6.07, 6.45) is 3.88. The van der Waals surface area contributed by atoms with Crippen LogP contribution >= 0.6 is 0 Å². The summed E-state index contributed by atoms with van der Waals surface area (Å²) in [7, 11) is 0. The predicted molar refractivity (Wildman–Crippen MR) is 73.3 cm³/mol. The molecule has 18 heavy (non-hydrogen) atoms. The van der Waals surface area contributed by atoms with Crippen LogP contribution in [0.5, 0.6) is 0 Å². The van der Waals surface area contributed by atoms with Crippen LogP contribution in [-0.2, 0) is 24.3 Å². The lowest BCUT2D eigenvalue weighted by Crippen LogP contribution is -2.23. The van der Waals surface area contributed by atoms with E-state index in [4.69, 9.17) is 4.74 Å². The van der Waals surface area contributed by atoms with Crippen molar-refractivity contribution >= 4 is 0 Å². The molecule has 102 valence electrons. The van der Waals surface area contributed by atoms with Crippen LogP contribution in [0.15, 0.2) is 6.20 Å². The Morgan fingerprint density at radius 1 is 1.33 bits per heavy atom. The van der Waals surface area contributed by atoms with Gasteiger partial charge in [0.2, 0.25) is 0 Å². The van der Waals surface area contributed by atoms with Crippen molar-refractivity contribution in [3.63, 3.8) is 0 Å². The average Bonchev–Trinajstić information content (AvgIpc) is 2.37. The maximum atomic E-state index is 5.47. The molecule has 0 spiro atoms. The SMILES string of the molecule is CCCOCc1ncc(CNC(C)C)c(CC)n1. The highest BCUT2D eigenvalue weighted by Gasteiger charge is 2.06. The van der Waals surface area contributed by atoms with Crippen LogP contribution in [0.3, 0.4) is 0 Å². The second kappa shape index (κ2) is 8.16. The molecule has 1 rings (SSSR count). The molecule has 0 unspecified atom stereocenters. The zero-order valence-electron chi connectivity index (χ0n) is 12.0. The Morgan fingerprint density at radius 2 is 2.11 bits per heavy atom. The van der Waals surface area contributed by atoms with E-state index >= 15 is 0 Å². The maximum Gasteiger partial charge on any atom is 0.154 e. The molecule has 0 atom stereocenters. The van der Waals surface area contributed by atoms with Gasteiger partial charge in [-0.05, 0) is 12.8 Å². The highest BCUT2D eigenvalue weighted by Crippen LogP contribution is 2.07. The molecule has 1 aromatic rings. The van der Waals surface area contributed by atoms with E-state index in [1.165, 1.54) is 5.56 Å². The number of aromatic nitrogens is 2. The van der Waals surface area contributed by atoms with Crippen molar-refractivity contribution in [2.45, 2.75) is 59.7 Å². The molecule has 0 aromatic carbocycles. The van der Waals surface area contributed by atoms with Crippen LogP contribution in [-0.4, -0.2) is 22.6 Å². The van der Waals surface area contributed by atoms with Gasteiger partial charge in [0.15, 0.2) is 5.82 Å². The summed E-state index contributed by atoms with van der Waals surface area (Å²) in [5, 5.41) is 3.40. The van der Waals surface area contributed by atoms with Crippen molar-refractivity contribution in [1.82, 2.24) is 15.3 Å². The van der Waals surface area contributed by atoms with E-state index in [2.05, 4.69) is 43.0 Å². The van der Waals surface area contributed by atoms with Crippen molar-refractivity contribution in [3.05, 3.63) is 23.3 Å². The Balaban J connectivity index is 2.64. The van der Waals surface area contributed by atoms with Gasteiger partial charge in [-0.25, -0.2) is 9.97 Å². The normalized spacial score (nSPS) is 11.2. The molecule has 4 heteroatoms. The van der Waals surface area contributed by atoms with Gasteiger partial charge < -0.3 is 10.1 Å². The first-order valence-corrected chi connectivity index (χ1v) is 6.82. The van der Waals surface area contributed by atoms with Crippen molar-refractivity contribution in [3.8, 4) is 0 Å². The molecule has 0 aliphatic heterocycles. The van der Waals surface area contributed by atoms with Gasteiger partial charge in [0, 0.05) is 36.6 Å². The van der Waals surface area contributed by atoms with E-state index in [-0.39, 0.29) is 0 Å². The predicted octanol–water partition coefficient (Wildman–Crippen LogP) is 2.46. The number of hydrogen-bond donors (Lipinski definition) is 1. The molecule has 0 amide bonds. The van der Waals surface area contributed by atoms with Gasteiger partial charge in [0.1, 0.15) is 6.61 Å². The number of hydrogen-bond acceptors (Lipinski definition) is 4. The molecule has 0 fully saturated rings. The Bertz CT molecular complexity index is 353. The summed E-state index contributed by atoms with van der Waals surface area (Å²) in [6, 6.07) is 0.474. The third-order valence-corrected chi connectivity index (χ3v) is 2.62. The minimum atomic E-state index is 0.474. The number of nitrogens with zero attached hydrogens (tertiary/aromatic N) is 2. The summed E-state index contributed by atoms with van der Waals surface area (Å²) in [5.41, 5.74) is 2.30. The topological polar surface area (TPSA) is 47.0 Å². The Kier molecular flexibility index (Phi) is 6.83. The van der Waals surface area contributed by atoms with Gasteiger partial charge in [0.25, 0.3) is 0 Å². The molecule has 4 nitrogen and oxygen atoms in total. The third-order valence-electron chi connectivity index (χ3n) is 2.62. The molecule has 1 heterocycles. The summed E-state index contributed by atoms with van der Waals surface area (Å²) in [4.78, 5) is 8.93. The minimum absolute atomic E-state index is 0.474. The van der Waals surface area contributed by atoms with E-state index in [9.17, 15) is 0 Å². The number of rotatable bonds is 8. The van der Waals surface area contributed by atoms with E-state index in [0.717, 1.165) is 37.5 Å². The van der Waals surface area contributed by atoms with Crippen molar-refractivity contribution in [1.29, 1.82) is 0 Å². The van der Waals surface area contributed by atoms with Crippen molar-refractivity contribution in [2.24, 2.45) is 0 Å². The molecule has 0 bridgehead atoms. The van der Waals surface area contributed by atoms with E-state index in [1.54, 1.807) is 0 Å². The van der Waals surface area contributed by atoms with Gasteiger partial charge >= 0.3 is 0 Å². The lowest BCUT2D eigenvalue weighted by atomic mass is 10.2. The quantitative estimate of drug-likeness (QED) is 0.721. The first kappa shape index (κ1) is 15.1. The molecule has 0 saturated carbocycles. The standard InChI is InChI=1S/C14H25N3O/c1-5-7-18-10-14-16-9-12(8-15-11(3)4)13(6-2)17-14/h9,11,15H,5-8,10H2,1-4H3. The van der Waals surface area contributed by atoms with Gasteiger partial charge in [-0.1, -0.05) is 27.7 Å². The summed E-state index contributed by atoms with van der Waals surface area (Å²) in [6.45, 7) is 10.6. The zero-order valence-corrected chi connectivity index (χ0v) is 12.0. The molecule has 0 aliphatic carbocycles. The second-order valence-corrected chi connectivity index (χ2v) is 4.70. The number of ether oxygens (including phenoxy) is 1. The minimum Gasteiger partial charge on any atom is -0.373 e. The lowest BCUT2D eigenvalue weighted by Gasteiger charge is -2.12. The van der Waals surface area contributed by atoms with Crippen LogP contribution in [0.2, 0.25) is 0 Å². The van der Waals surface area contributed by atoms with Crippen LogP contribution in [0.4, 0.5) is 0 Å². The third kappa shape index (κ3) is 5.10. The fourth-order valence-corrected chi connectivity index (χ4v) is 1.63. The number of nitrogens with one attached hydrogen (secondary N) is 1. The highest BCUT2D eigenvalue weighted by atomic mass is 16.5. The number of aryl methyl sites for hydroxylation is 1. The Labute approximate surface area is 110 Å². The van der Waals surface area contributed by atoms with Gasteiger partial charge in [0.05, 0.1) is 0 Å². The summed E-state index contributed by atoms with van der Waals surface area (Å²) in [5.74, 6) is 0.786. The van der Waals surface area contributed by atoms with Crippen LogP contribution in [0.25, 0.3) is 0 Å². The monoisotopic (exact) mass is 251 g/mol. The highest BCUT2D eigenvalue weighted by molar-refractivity contribution is 5.17. The molecule has 0 aliphatic rings. The van der Waals surface area contributed by atoms with E-state index in [1.807, 2.05) is 6.20 Å². The van der Waals surface area contributed by atoms with E-state index in [0.29, 0.717) is 12.6 Å². The van der Waals surface area contributed by atoms with Gasteiger partial charge in [-0.15, -0.1) is 0 Å². The van der Waals surface area contributed by atoms with E-state index < -0.39 is 0 Å². The smallest absolute Gasteiger partial charge is 0.154 e. The fourth-order valence-electron chi connectivity index (χ4n) is 1.63. The lowest BCUT2D eigenvalue weighted by molar-refractivity contribution is 0.116. The Hall–Kier alpha value is -1.00. The van der Waals surface area contributed by atoms with Crippen LogP contribution in [0, 0.1) is 0 Å². The molecule has 1 N–H and O–H groups in total. The molecular weight excluding hydrogens is 226 g/mol. The molecule has 1 aromatic heterocycles. The summed E-state index contributed by atoms with van der Waals surface area (Å²) >= 11 is 0. The summed E-state index contributed by atoms with van der Waals surface area (Å²) < 4.78 is 5.47. The van der Waals surface area contributed by atoms with Crippen molar-refractivity contribution in [2.75, 3.05) is 6.61 Å². The van der Waals surface area contributed by atoms with Crippen LogP contribution < -0.4 is 5.32 Å². The molecular formula is C14H25N3O. The second-order valence-electron chi connectivity index (χ2n) is 4.70. The molecule has 0 radical (unpaired) electrons. The van der Waals surface area contributed by atoms with Crippen LogP contribution in [0.1, 0.15) is 51.2 Å². The largest absolute Gasteiger partial charge is 0.373 e. The van der Waals surface area contributed by atoms with Gasteiger partial charge in [-0.3, -0.25) is 0 Å². The van der Waals surface area contributed by atoms with Crippen molar-refractivity contribution < 1.29 is 4.74 Å². The first-order valence-electron chi connectivity index (χ1n) is 6.82.